The third-order valence-corrected chi connectivity index (χ3v) is 8.36. The van der Waals surface area contributed by atoms with Crippen LogP contribution in [-0.2, 0) is 12.2 Å². The molecule has 1 aromatic heterocycles. The van der Waals surface area contributed by atoms with Gasteiger partial charge in [0.1, 0.15) is 11.0 Å². The molecule has 1 aliphatic rings. The molecule has 9 heteroatoms. The Kier molecular flexibility index (Phi) is 10.3. The van der Waals surface area contributed by atoms with Crippen molar-refractivity contribution in [2.45, 2.75) is 55.5 Å². The average molecular weight is 569 g/mol. The molecule has 0 aliphatic heterocycles. The lowest BCUT2D eigenvalue weighted by atomic mass is 9.94. The Morgan fingerprint density at radius 3 is 2.33 bits per heavy atom. The Morgan fingerprint density at radius 2 is 1.64 bits per heavy atom. The SMILES string of the molecule is COc1ccc(CCN(C)C(=O)c2ccc(CSc3nc(Cl)cc(N(C)C4CCCCC4)n3)cc2)cc1OC. The number of halogens is 1. The van der Waals surface area contributed by atoms with Gasteiger partial charge in [-0.3, -0.25) is 4.79 Å². The molecule has 0 atom stereocenters. The third kappa shape index (κ3) is 7.79. The molecule has 1 amide bonds. The van der Waals surface area contributed by atoms with Gasteiger partial charge in [-0.2, -0.15) is 0 Å². The Labute approximate surface area is 240 Å². The first-order valence-electron chi connectivity index (χ1n) is 13.3. The second kappa shape index (κ2) is 13.9. The van der Waals surface area contributed by atoms with Crippen LogP contribution in [0.25, 0.3) is 0 Å². The van der Waals surface area contributed by atoms with Gasteiger partial charge in [-0.25, -0.2) is 9.97 Å². The van der Waals surface area contributed by atoms with Crippen LogP contribution in [0.15, 0.2) is 53.7 Å². The zero-order chi connectivity index (χ0) is 27.8. The van der Waals surface area contributed by atoms with Gasteiger partial charge < -0.3 is 19.3 Å². The standard InChI is InChI=1S/C30H37ClN4O3S/c1-34(17-16-21-12-15-25(37-3)26(18-21)38-4)29(36)23-13-10-22(11-14-23)20-39-30-32-27(31)19-28(33-30)35(2)24-8-6-5-7-9-24/h10-15,18-19,24H,5-9,16-17,20H2,1-4H3. The lowest BCUT2D eigenvalue weighted by Gasteiger charge is -2.32. The monoisotopic (exact) mass is 568 g/mol. The third-order valence-electron chi connectivity index (χ3n) is 7.24. The van der Waals surface area contributed by atoms with Gasteiger partial charge in [0, 0.05) is 44.1 Å². The van der Waals surface area contributed by atoms with E-state index in [0.717, 1.165) is 23.4 Å². The number of carbonyl (C=O) groups is 1. The minimum atomic E-state index is -0.0109. The van der Waals surface area contributed by atoms with Crippen LogP contribution in [0.5, 0.6) is 11.5 Å². The molecule has 3 aromatic rings. The number of thioether (sulfide) groups is 1. The molecule has 7 nitrogen and oxygen atoms in total. The molecule has 0 bridgehead atoms. The Balaban J connectivity index is 1.31. The largest absolute Gasteiger partial charge is 0.493 e. The van der Waals surface area contributed by atoms with Gasteiger partial charge in [0.15, 0.2) is 16.7 Å². The van der Waals surface area contributed by atoms with E-state index in [1.54, 1.807) is 30.9 Å². The molecule has 4 rings (SSSR count). The summed E-state index contributed by atoms with van der Waals surface area (Å²) in [5.74, 6) is 2.94. The van der Waals surface area contributed by atoms with Gasteiger partial charge in [0.05, 0.1) is 14.2 Å². The number of anilines is 1. The molecular formula is C30H37ClN4O3S. The maximum Gasteiger partial charge on any atom is 0.253 e. The molecule has 1 aliphatic carbocycles. The summed E-state index contributed by atoms with van der Waals surface area (Å²) >= 11 is 7.90. The predicted molar refractivity (Wildman–Crippen MR) is 159 cm³/mol. The Hall–Kier alpha value is -2.97. The van der Waals surface area contributed by atoms with Crippen molar-refractivity contribution in [1.82, 2.24) is 14.9 Å². The molecule has 1 saturated carbocycles. The fourth-order valence-electron chi connectivity index (χ4n) is 4.83. The van der Waals surface area contributed by atoms with Gasteiger partial charge in [0.2, 0.25) is 0 Å². The first-order chi connectivity index (χ1) is 18.9. The molecule has 0 N–H and O–H groups in total. The number of ether oxygens (including phenoxy) is 2. The highest BCUT2D eigenvalue weighted by Gasteiger charge is 2.20. The highest BCUT2D eigenvalue weighted by atomic mass is 35.5. The number of amides is 1. The minimum Gasteiger partial charge on any atom is -0.493 e. The molecule has 1 heterocycles. The van der Waals surface area contributed by atoms with Crippen LogP contribution >= 0.6 is 23.4 Å². The zero-order valence-corrected chi connectivity index (χ0v) is 24.7. The fourth-order valence-corrected chi connectivity index (χ4v) is 5.87. The molecule has 0 saturated heterocycles. The normalized spacial score (nSPS) is 13.7. The number of methoxy groups -OCH3 is 2. The van der Waals surface area contributed by atoms with E-state index in [2.05, 4.69) is 16.9 Å². The number of hydrogen-bond acceptors (Lipinski definition) is 7. The second-order valence-corrected chi connectivity index (χ2v) is 11.2. The molecule has 39 heavy (non-hydrogen) atoms. The van der Waals surface area contributed by atoms with Crippen molar-refractivity contribution in [2.24, 2.45) is 0 Å². The number of nitrogens with zero attached hydrogens (tertiary/aromatic N) is 4. The summed E-state index contributed by atoms with van der Waals surface area (Å²) < 4.78 is 10.7. The first-order valence-corrected chi connectivity index (χ1v) is 14.7. The van der Waals surface area contributed by atoms with E-state index in [9.17, 15) is 4.79 Å². The summed E-state index contributed by atoms with van der Waals surface area (Å²) in [5, 5.41) is 1.12. The Bertz CT molecular complexity index is 1250. The van der Waals surface area contributed by atoms with Crippen molar-refractivity contribution in [3.8, 4) is 11.5 Å². The summed E-state index contributed by atoms with van der Waals surface area (Å²) in [6.07, 6.45) is 6.95. The molecule has 1 fully saturated rings. The number of likely N-dealkylation sites (N-methyl/N-ethyl adjacent to an activating group) is 1. The van der Waals surface area contributed by atoms with Gasteiger partial charge >= 0.3 is 0 Å². The van der Waals surface area contributed by atoms with Crippen LogP contribution in [-0.4, -0.2) is 61.7 Å². The highest BCUT2D eigenvalue weighted by molar-refractivity contribution is 7.98. The summed E-state index contributed by atoms with van der Waals surface area (Å²) in [6, 6.07) is 15.9. The van der Waals surface area contributed by atoms with E-state index in [4.69, 9.17) is 26.1 Å². The van der Waals surface area contributed by atoms with Crippen molar-refractivity contribution in [3.05, 3.63) is 70.4 Å². The number of benzene rings is 2. The predicted octanol–water partition coefficient (Wildman–Crippen LogP) is 6.52. The van der Waals surface area contributed by atoms with Crippen LogP contribution < -0.4 is 14.4 Å². The quantitative estimate of drug-likeness (QED) is 0.148. The molecule has 0 radical (unpaired) electrons. The van der Waals surface area contributed by atoms with E-state index in [1.165, 1.54) is 32.1 Å². The fraction of sp³-hybridized carbons (Fsp3) is 0.433. The smallest absolute Gasteiger partial charge is 0.253 e. The van der Waals surface area contributed by atoms with Crippen LogP contribution in [0.3, 0.4) is 0 Å². The van der Waals surface area contributed by atoms with Crippen LogP contribution in [0.1, 0.15) is 53.6 Å². The minimum absolute atomic E-state index is 0.0109. The van der Waals surface area contributed by atoms with Gasteiger partial charge in [-0.05, 0) is 54.7 Å². The van der Waals surface area contributed by atoms with Crippen molar-refractivity contribution in [3.63, 3.8) is 0 Å². The summed E-state index contributed by atoms with van der Waals surface area (Å²) in [4.78, 5) is 26.2. The zero-order valence-electron chi connectivity index (χ0n) is 23.2. The topological polar surface area (TPSA) is 67.8 Å². The highest BCUT2D eigenvalue weighted by Crippen LogP contribution is 2.29. The van der Waals surface area contributed by atoms with E-state index < -0.39 is 0 Å². The summed E-state index contributed by atoms with van der Waals surface area (Å²) in [5.41, 5.74) is 2.83. The van der Waals surface area contributed by atoms with E-state index in [-0.39, 0.29) is 5.91 Å². The maximum atomic E-state index is 13.0. The number of hydrogen-bond donors (Lipinski definition) is 0. The lowest BCUT2D eigenvalue weighted by molar-refractivity contribution is 0.0796. The van der Waals surface area contributed by atoms with Gasteiger partial charge in [-0.1, -0.05) is 60.8 Å². The van der Waals surface area contributed by atoms with E-state index in [0.29, 0.717) is 45.7 Å². The second-order valence-electron chi connectivity index (χ2n) is 9.89. The van der Waals surface area contributed by atoms with Crippen molar-refractivity contribution < 1.29 is 14.3 Å². The first kappa shape index (κ1) is 29.0. The summed E-state index contributed by atoms with van der Waals surface area (Å²) in [7, 11) is 7.16. The van der Waals surface area contributed by atoms with Crippen LogP contribution in [0.2, 0.25) is 5.15 Å². The van der Waals surface area contributed by atoms with Gasteiger partial charge in [0.25, 0.3) is 5.91 Å². The van der Waals surface area contributed by atoms with Crippen molar-refractivity contribution in [2.75, 3.05) is 39.8 Å². The number of rotatable bonds is 11. The Morgan fingerprint density at radius 1 is 0.949 bits per heavy atom. The average Bonchev–Trinajstić information content (AvgIpc) is 2.98. The van der Waals surface area contributed by atoms with E-state index >= 15 is 0 Å². The van der Waals surface area contributed by atoms with Crippen LogP contribution in [0, 0.1) is 0 Å². The molecular weight excluding hydrogens is 532 g/mol. The lowest BCUT2D eigenvalue weighted by Crippen LogP contribution is -2.34. The molecule has 2 aromatic carbocycles. The van der Waals surface area contributed by atoms with Crippen molar-refractivity contribution >= 4 is 35.1 Å². The van der Waals surface area contributed by atoms with Crippen molar-refractivity contribution in [1.29, 1.82) is 0 Å². The van der Waals surface area contributed by atoms with E-state index in [1.807, 2.05) is 55.6 Å². The molecule has 208 valence electrons. The maximum absolute atomic E-state index is 13.0. The van der Waals surface area contributed by atoms with Crippen LogP contribution in [0.4, 0.5) is 5.82 Å². The summed E-state index contributed by atoms with van der Waals surface area (Å²) in [6.45, 7) is 0.593. The number of carbonyl (C=O) groups excluding carboxylic acids is 1. The molecule has 0 unspecified atom stereocenters. The number of aromatic nitrogens is 2. The van der Waals surface area contributed by atoms with Gasteiger partial charge in [-0.15, -0.1) is 0 Å². The molecule has 0 spiro atoms.